The van der Waals surface area contributed by atoms with Crippen LogP contribution in [0.3, 0.4) is 0 Å². The molecule has 0 radical (unpaired) electrons. The highest BCUT2D eigenvalue weighted by Gasteiger charge is 2.16. The maximum atomic E-state index is 12.0. The van der Waals surface area contributed by atoms with Crippen LogP contribution in [0.2, 0.25) is 0 Å². The zero-order valence-electron chi connectivity index (χ0n) is 13.8. The average molecular weight is 452 g/mol. The van der Waals surface area contributed by atoms with Crippen LogP contribution in [-0.4, -0.2) is 31.8 Å². The summed E-state index contributed by atoms with van der Waals surface area (Å²) < 4.78 is 12.5. The van der Waals surface area contributed by atoms with E-state index in [0.29, 0.717) is 6.61 Å². The van der Waals surface area contributed by atoms with Crippen molar-refractivity contribution in [1.82, 2.24) is 0 Å². The van der Waals surface area contributed by atoms with Crippen LogP contribution in [0.25, 0.3) is 0 Å². The van der Waals surface area contributed by atoms with Gasteiger partial charge in [-0.3, -0.25) is 4.79 Å². The van der Waals surface area contributed by atoms with Crippen molar-refractivity contribution in [3.63, 3.8) is 0 Å². The largest absolute Gasteiger partial charge is 0.491 e. The number of nitrogens with one attached hydrogen (secondary N) is 2. The van der Waals surface area contributed by atoms with Crippen LogP contribution in [-0.2, 0) is 9.53 Å². The van der Waals surface area contributed by atoms with Gasteiger partial charge in [0.05, 0.1) is 12.6 Å². The van der Waals surface area contributed by atoms with Crippen LogP contribution < -0.4 is 15.4 Å². The third-order valence-corrected chi connectivity index (χ3v) is 4.59. The van der Waals surface area contributed by atoms with Crippen molar-refractivity contribution < 1.29 is 14.3 Å². The van der Waals surface area contributed by atoms with Gasteiger partial charge in [-0.2, -0.15) is 0 Å². The molecule has 1 heterocycles. The zero-order valence-corrected chi connectivity index (χ0v) is 16.0. The van der Waals surface area contributed by atoms with Gasteiger partial charge in [0.2, 0.25) is 5.91 Å². The summed E-state index contributed by atoms with van der Waals surface area (Å²) in [5, 5.41) is 5.98. The molecule has 5 nitrogen and oxygen atoms in total. The Balaban J connectivity index is 1.46. The van der Waals surface area contributed by atoms with E-state index in [2.05, 4.69) is 33.2 Å². The first-order chi connectivity index (χ1) is 12.2. The Kier molecular flexibility index (Phi) is 6.52. The number of carbonyl (C=O) groups is 1. The van der Waals surface area contributed by atoms with E-state index in [9.17, 15) is 4.79 Å². The quantitative estimate of drug-likeness (QED) is 0.626. The van der Waals surface area contributed by atoms with E-state index >= 15 is 0 Å². The molecule has 2 N–H and O–H groups in total. The number of amides is 1. The van der Waals surface area contributed by atoms with Crippen LogP contribution in [0.1, 0.15) is 12.8 Å². The standard InChI is InChI=1S/C19H21IN2O3/c20-14-6-8-15(9-7-14)22-19(23)12-21-16-3-1-4-17(11-16)25-13-18-5-2-10-24-18/h1,3-4,6-9,11,18,21H,2,5,10,12-13H2,(H,22,23). The van der Waals surface area contributed by atoms with Crippen molar-refractivity contribution in [2.45, 2.75) is 18.9 Å². The fraction of sp³-hybridized carbons (Fsp3) is 0.316. The molecule has 2 aromatic carbocycles. The summed E-state index contributed by atoms with van der Waals surface area (Å²) >= 11 is 2.23. The highest BCUT2D eigenvalue weighted by Crippen LogP contribution is 2.19. The summed E-state index contributed by atoms with van der Waals surface area (Å²) in [6, 6.07) is 15.3. The predicted octanol–water partition coefficient (Wildman–Crippen LogP) is 3.90. The molecule has 1 unspecified atom stereocenters. The number of rotatable bonds is 7. The molecule has 0 bridgehead atoms. The molecule has 1 aliphatic rings. The first-order valence-corrected chi connectivity index (χ1v) is 9.41. The second-order valence-electron chi connectivity index (χ2n) is 5.88. The van der Waals surface area contributed by atoms with Gasteiger partial charge in [-0.15, -0.1) is 0 Å². The van der Waals surface area contributed by atoms with Gasteiger partial charge >= 0.3 is 0 Å². The van der Waals surface area contributed by atoms with Crippen molar-refractivity contribution in [2.24, 2.45) is 0 Å². The number of ether oxygens (including phenoxy) is 2. The molecular formula is C19H21IN2O3. The van der Waals surface area contributed by atoms with Crippen LogP contribution in [0.15, 0.2) is 48.5 Å². The lowest BCUT2D eigenvalue weighted by atomic mass is 10.2. The van der Waals surface area contributed by atoms with Crippen LogP contribution in [0, 0.1) is 3.57 Å². The van der Waals surface area contributed by atoms with Gasteiger partial charge in [-0.25, -0.2) is 0 Å². The Morgan fingerprint density at radius 3 is 2.80 bits per heavy atom. The van der Waals surface area contributed by atoms with Crippen molar-refractivity contribution in [2.75, 3.05) is 30.4 Å². The Labute approximate surface area is 161 Å². The van der Waals surface area contributed by atoms with E-state index in [4.69, 9.17) is 9.47 Å². The molecule has 0 aromatic heterocycles. The third kappa shape index (κ3) is 5.89. The summed E-state index contributed by atoms with van der Waals surface area (Å²) in [4.78, 5) is 12.0. The predicted molar refractivity (Wildman–Crippen MR) is 107 cm³/mol. The fourth-order valence-electron chi connectivity index (χ4n) is 2.58. The number of halogens is 1. The monoisotopic (exact) mass is 452 g/mol. The minimum absolute atomic E-state index is 0.0908. The second-order valence-corrected chi connectivity index (χ2v) is 7.13. The topological polar surface area (TPSA) is 59.6 Å². The molecule has 1 fully saturated rings. The Hall–Kier alpha value is -1.80. The van der Waals surface area contributed by atoms with Gasteiger partial charge in [0.1, 0.15) is 12.4 Å². The molecule has 1 aliphatic heterocycles. The number of hydrogen-bond donors (Lipinski definition) is 2. The minimum Gasteiger partial charge on any atom is -0.491 e. The Bertz CT molecular complexity index is 700. The summed E-state index contributed by atoms with van der Waals surface area (Å²) in [7, 11) is 0. The van der Waals surface area contributed by atoms with Gasteiger partial charge < -0.3 is 20.1 Å². The molecule has 6 heteroatoms. The van der Waals surface area contributed by atoms with Crippen molar-refractivity contribution >= 4 is 39.9 Å². The molecule has 0 aliphatic carbocycles. The first-order valence-electron chi connectivity index (χ1n) is 8.33. The van der Waals surface area contributed by atoms with E-state index in [0.717, 1.165) is 40.1 Å². The molecule has 1 saturated heterocycles. The van der Waals surface area contributed by atoms with E-state index in [1.165, 1.54) is 0 Å². The van der Waals surface area contributed by atoms with Gasteiger partial charge in [-0.05, 0) is 71.8 Å². The lowest BCUT2D eigenvalue weighted by molar-refractivity contribution is -0.114. The first kappa shape index (κ1) is 18.0. The van der Waals surface area contributed by atoms with Crippen LogP contribution in [0.4, 0.5) is 11.4 Å². The number of hydrogen-bond acceptors (Lipinski definition) is 4. The van der Waals surface area contributed by atoms with Crippen molar-refractivity contribution in [3.05, 3.63) is 52.1 Å². The number of carbonyl (C=O) groups excluding carboxylic acids is 1. The smallest absolute Gasteiger partial charge is 0.243 e. The average Bonchev–Trinajstić information content (AvgIpc) is 3.14. The lowest BCUT2D eigenvalue weighted by Crippen LogP contribution is -2.21. The second kappa shape index (κ2) is 9.05. The SMILES string of the molecule is O=C(CNc1cccc(OCC2CCCO2)c1)Nc1ccc(I)cc1. The number of anilines is 2. The normalized spacial score (nSPS) is 16.4. The number of benzene rings is 2. The van der Waals surface area contributed by atoms with Gasteiger partial charge in [0.25, 0.3) is 0 Å². The summed E-state index contributed by atoms with van der Waals surface area (Å²) in [5.41, 5.74) is 1.64. The lowest BCUT2D eigenvalue weighted by Gasteiger charge is -2.13. The van der Waals surface area contributed by atoms with Crippen molar-refractivity contribution in [3.8, 4) is 5.75 Å². The Morgan fingerprint density at radius 2 is 2.04 bits per heavy atom. The van der Waals surface area contributed by atoms with Crippen molar-refractivity contribution in [1.29, 1.82) is 0 Å². The summed E-state index contributed by atoms with van der Waals surface area (Å²) in [5.74, 6) is 0.686. The Morgan fingerprint density at radius 1 is 1.20 bits per heavy atom. The fourth-order valence-corrected chi connectivity index (χ4v) is 2.94. The molecule has 1 atom stereocenters. The van der Waals surface area contributed by atoms with Gasteiger partial charge in [0.15, 0.2) is 0 Å². The maximum absolute atomic E-state index is 12.0. The van der Waals surface area contributed by atoms with E-state index < -0.39 is 0 Å². The molecule has 132 valence electrons. The van der Waals surface area contributed by atoms with E-state index in [1.54, 1.807) is 0 Å². The minimum atomic E-state index is -0.0908. The highest BCUT2D eigenvalue weighted by molar-refractivity contribution is 14.1. The summed E-state index contributed by atoms with van der Waals surface area (Å²) in [6.45, 7) is 1.59. The molecule has 0 spiro atoms. The molecule has 1 amide bonds. The van der Waals surface area contributed by atoms with Crippen LogP contribution in [0.5, 0.6) is 5.75 Å². The van der Waals surface area contributed by atoms with Gasteiger partial charge in [0, 0.05) is 27.6 Å². The third-order valence-electron chi connectivity index (χ3n) is 3.87. The van der Waals surface area contributed by atoms with E-state index in [-0.39, 0.29) is 18.6 Å². The molecule has 25 heavy (non-hydrogen) atoms. The van der Waals surface area contributed by atoms with E-state index in [1.807, 2.05) is 48.5 Å². The zero-order chi connectivity index (χ0) is 17.5. The molecule has 0 saturated carbocycles. The van der Waals surface area contributed by atoms with Crippen LogP contribution >= 0.6 is 22.6 Å². The summed E-state index contributed by atoms with van der Waals surface area (Å²) in [6.07, 6.45) is 2.35. The highest BCUT2D eigenvalue weighted by atomic mass is 127. The molecule has 3 rings (SSSR count). The maximum Gasteiger partial charge on any atom is 0.243 e. The molecular weight excluding hydrogens is 431 g/mol. The van der Waals surface area contributed by atoms with Gasteiger partial charge in [-0.1, -0.05) is 6.07 Å². The molecule has 2 aromatic rings.